The molecule has 0 aromatic carbocycles. The number of nitrogens with zero attached hydrogens (tertiary/aromatic N) is 1. The molecule has 0 radical (unpaired) electrons. The van der Waals surface area contributed by atoms with Crippen molar-refractivity contribution in [2.24, 2.45) is 5.92 Å². The fourth-order valence-electron chi connectivity index (χ4n) is 2.09. The molecule has 1 rings (SSSR count). The Balaban J connectivity index is 2.47. The first-order valence-corrected chi connectivity index (χ1v) is 8.14. The van der Waals surface area contributed by atoms with Crippen LogP contribution in [0.5, 0.6) is 0 Å². The van der Waals surface area contributed by atoms with Crippen LogP contribution in [0.25, 0.3) is 0 Å². The van der Waals surface area contributed by atoms with Crippen LogP contribution in [0.15, 0.2) is 11.4 Å². The highest BCUT2D eigenvalue weighted by Gasteiger charge is 2.19. The van der Waals surface area contributed by atoms with E-state index in [4.69, 9.17) is 10.00 Å². The van der Waals surface area contributed by atoms with Crippen molar-refractivity contribution in [3.05, 3.63) is 21.9 Å². The maximum Gasteiger partial charge on any atom is 0.348 e. The second kappa shape index (κ2) is 9.21. The lowest BCUT2D eigenvalue weighted by Gasteiger charge is -2.11. The zero-order valence-electron chi connectivity index (χ0n) is 13.1. The van der Waals surface area contributed by atoms with Gasteiger partial charge in [-0.2, -0.15) is 5.26 Å². The average molecular weight is 323 g/mol. The van der Waals surface area contributed by atoms with Gasteiger partial charge in [0.25, 0.3) is 0 Å². The molecule has 0 bridgehead atoms. The summed E-state index contributed by atoms with van der Waals surface area (Å²) in [7, 11) is 1.36. The number of methoxy groups -OCH3 is 1. The van der Waals surface area contributed by atoms with Gasteiger partial charge in [0.1, 0.15) is 10.8 Å². The first-order chi connectivity index (χ1) is 10.5. The van der Waals surface area contributed by atoms with E-state index in [1.54, 1.807) is 6.92 Å². The summed E-state index contributed by atoms with van der Waals surface area (Å²) in [5.74, 6) is -1.20. The third kappa shape index (κ3) is 5.15. The normalized spacial score (nSPS) is 13.0. The van der Waals surface area contributed by atoms with E-state index in [2.05, 4.69) is 11.7 Å². The predicted molar refractivity (Wildman–Crippen MR) is 83.7 cm³/mol. The number of carbonyl (C=O) groups excluding carboxylic acids is 2. The zero-order chi connectivity index (χ0) is 16.5. The number of esters is 2. The summed E-state index contributed by atoms with van der Waals surface area (Å²) >= 11 is 1.37. The van der Waals surface area contributed by atoms with E-state index in [1.807, 2.05) is 17.5 Å². The zero-order valence-corrected chi connectivity index (χ0v) is 13.9. The molecule has 0 N–H and O–H groups in total. The van der Waals surface area contributed by atoms with Gasteiger partial charge < -0.3 is 9.47 Å². The number of carbonyl (C=O) groups is 2. The van der Waals surface area contributed by atoms with Crippen LogP contribution in [0, 0.1) is 17.2 Å². The lowest BCUT2D eigenvalue weighted by molar-refractivity contribution is -0.146. The van der Waals surface area contributed by atoms with Crippen molar-refractivity contribution in [3.8, 4) is 6.07 Å². The number of thiophene rings is 1. The third-order valence-electron chi connectivity index (χ3n) is 3.43. The maximum absolute atomic E-state index is 11.5. The highest BCUT2D eigenvalue weighted by molar-refractivity contribution is 7.12. The van der Waals surface area contributed by atoms with Gasteiger partial charge in [0.15, 0.2) is 0 Å². The Morgan fingerprint density at radius 3 is 2.73 bits per heavy atom. The molecular weight excluding hydrogens is 302 g/mol. The Kier molecular flexibility index (Phi) is 7.61. The number of ether oxygens (including phenoxy) is 2. The van der Waals surface area contributed by atoms with E-state index in [0.29, 0.717) is 17.9 Å². The number of hydrogen-bond acceptors (Lipinski definition) is 6. The molecule has 6 heteroatoms. The SMILES string of the molecule is CCOC(=O)C(C#N)CCCC(C)c1csc(C(=O)OC)c1. The summed E-state index contributed by atoms with van der Waals surface area (Å²) in [6, 6.07) is 3.83. The Morgan fingerprint density at radius 2 is 2.14 bits per heavy atom. The minimum atomic E-state index is -0.694. The lowest BCUT2D eigenvalue weighted by Crippen LogP contribution is -2.16. The minimum Gasteiger partial charge on any atom is -0.465 e. The molecule has 0 fully saturated rings. The van der Waals surface area contributed by atoms with Crippen molar-refractivity contribution < 1.29 is 19.1 Å². The van der Waals surface area contributed by atoms with Crippen LogP contribution < -0.4 is 0 Å². The Bertz CT molecular complexity index is 547. The van der Waals surface area contributed by atoms with Crippen molar-refractivity contribution in [2.75, 3.05) is 13.7 Å². The molecule has 120 valence electrons. The van der Waals surface area contributed by atoms with Crippen LogP contribution >= 0.6 is 11.3 Å². The highest BCUT2D eigenvalue weighted by Crippen LogP contribution is 2.27. The molecule has 1 aromatic rings. The molecule has 1 aromatic heterocycles. The van der Waals surface area contributed by atoms with Crippen molar-refractivity contribution in [2.45, 2.75) is 39.0 Å². The first-order valence-electron chi connectivity index (χ1n) is 7.26. The van der Waals surface area contributed by atoms with Crippen LogP contribution in [-0.2, 0) is 14.3 Å². The minimum absolute atomic E-state index is 0.260. The Morgan fingerprint density at radius 1 is 1.41 bits per heavy atom. The van der Waals surface area contributed by atoms with Gasteiger partial charge in [0.2, 0.25) is 0 Å². The average Bonchev–Trinajstić information content (AvgIpc) is 3.00. The van der Waals surface area contributed by atoms with E-state index in [1.165, 1.54) is 18.4 Å². The number of nitriles is 1. The highest BCUT2D eigenvalue weighted by atomic mass is 32.1. The topological polar surface area (TPSA) is 76.4 Å². The molecule has 0 aliphatic carbocycles. The van der Waals surface area contributed by atoms with Crippen LogP contribution in [-0.4, -0.2) is 25.7 Å². The van der Waals surface area contributed by atoms with Crippen molar-refractivity contribution in [1.82, 2.24) is 0 Å². The lowest BCUT2D eigenvalue weighted by atomic mass is 9.94. The second-order valence-electron chi connectivity index (χ2n) is 5.00. The van der Waals surface area contributed by atoms with E-state index >= 15 is 0 Å². The van der Waals surface area contributed by atoms with Gasteiger partial charge >= 0.3 is 11.9 Å². The fourth-order valence-corrected chi connectivity index (χ4v) is 3.04. The van der Waals surface area contributed by atoms with Gasteiger partial charge in [-0.05, 0) is 42.7 Å². The smallest absolute Gasteiger partial charge is 0.348 e. The summed E-state index contributed by atoms with van der Waals surface area (Å²) in [4.78, 5) is 23.6. The van der Waals surface area contributed by atoms with E-state index in [-0.39, 0.29) is 11.9 Å². The largest absolute Gasteiger partial charge is 0.465 e. The molecule has 0 saturated carbocycles. The second-order valence-corrected chi connectivity index (χ2v) is 5.91. The molecular formula is C16H21NO4S. The van der Waals surface area contributed by atoms with Crippen LogP contribution in [0.3, 0.4) is 0 Å². The monoisotopic (exact) mass is 323 g/mol. The van der Waals surface area contributed by atoms with Crippen molar-refractivity contribution in [1.29, 1.82) is 5.26 Å². The molecule has 5 nitrogen and oxygen atoms in total. The van der Waals surface area contributed by atoms with Gasteiger partial charge in [-0.25, -0.2) is 4.79 Å². The van der Waals surface area contributed by atoms with Crippen LogP contribution in [0.1, 0.15) is 54.3 Å². The fraction of sp³-hybridized carbons (Fsp3) is 0.562. The van der Waals surface area contributed by atoms with Gasteiger partial charge in [-0.1, -0.05) is 13.3 Å². The molecule has 2 atom stereocenters. The quantitative estimate of drug-likeness (QED) is 0.684. The molecule has 1 heterocycles. The Labute approximate surface area is 134 Å². The number of rotatable bonds is 8. The molecule has 0 amide bonds. The van der Waals surface area contributed by atoms with Crippen LogP contribution in [0.2, 0.25) is 0 Å². The third-order valence-corrected chi connectivity index (χ3v) is 4.36. The number of hydrogen-bond donors (Lipinski definition) is 0. The molecule has 2 unspecified atom stereocenters. The van der Waals surface area contributed by atoms with Gasteiger partial charge in [0.05, 0.1) is 19.8 Å². The summed E-state index contributed by atoms with van der Waals surface area (Å²) < 4.78 is 9.56. The standard InChI is InChI=1S/C16H21NO4S/c1-4-21-15(18)12(9-17)7-5-6-11(2)13-8-14(22-10-13)16(19)20-3/h8,10-12H,4-7H2,1-3H3. The molecule has 22 heavy (non-hydrogen) atoms. The summed E-state index contributed by atoms with van der Waals surface area (Å²) in [5, 5.41) is 10.9. The van der Waals surface area contributed by atoms with Crippen LogP contribution in [0.4, 0.5) is 0 Å². The molecule has 0 saturated heterocycles. The van der Waals surface area contributed by atoms with Gasteiger partial charge in [-0.15, -0.1) is 11.3 Å². The maximum atomic E-state index is 11.5. The predicted octanol–water partition coefficient (Wildman–Crippen LogP) is 3.51. The van der Waals surface area contributed by atoms with E-state index in [9.17, 15) is 9.59 Å². The van der Waals surface area contributed by atoms with Crippen molar-refractivity contribution >= 4 is 23.3 Å². The molecule has 0 aliphatic heterocycles. The van der Waals surface area contributed by atoms with Gasteiger partial charge in [0, 0.05) is 0 Å². The van der Waals surface area contributed by atoms with Gasteiger partial charge in [-0.3, -0.25) is 4.79 Å². The molecule has 0 spiro atoms. The Hall–Kier alpha value is -1.87. The summed E-state index contributed by atoms with van der Waals surface area (Å²) in [5.41, 5.74) is 1.08. The first kappa shape index (κ1) is 18.2. The summed E-state index contributed by atoms with van der Waals surface area (Å²) in [6.45, 7) is 4.08. The van der Waals surface area contributed by atoms with E-state index < -0.39 is 11.9 Å². The molecule has 0 aliphatic rings. The van der Waals surface area contributed by atoms with Crippen molar-refractivity contribution in [3.63, 3.8) is 0 Å². The summed E-state index contributed by atoms with van der Waals surface area (Å²) in [6.07, 6.45) is 2.09. The van der Waals surface area contributed by atoms with E-state index in [0.717, 1.165) is 18.4 Å².